The molecule has 0 spiro atoms. The van der Waals surface area contributed by atoms with E-state index in [0.717, 1.165) is 11.8 Å². The van der Waals surface area contributed by atoms with Crippen molar-refractivity contribution in [3.63, 3.8) is 0 Å². The van der Waals surface area contributed by atoms with Crippen molar-refractivity contribution in [2.75, 3.05) is 12.4 Å². The minimum Gasteiger partial charge on any atom is -0.367 e. The Balaban J connectivity index is 2.42. The first-order chi connectivity index (χ1) is 8.22. The predicted octanol–water partition coefficient (Wildman–Crippen LogP) is 1.43. The molecule has 0 saturated heterocycles. The Morgan fingerprint density at radius 2 is 2.35 bits per heavy atom. The second kappa shape index (κ2) is 5.01. The van der Waals surface area contributed by atoms with Crippen molar-refractivity contribution in [3.8, 4) is 0 Å². The fraction of sp³-hybridized carbons (Fsp3) is 0.143. The van der Waals surface area contributed by atoms with Crippen molar-refractivity contribution < 1.29 is 4.92 Å². The lowest BCUT2D eigenvalue weighted by Crippen LogP contribution is -2.02. The van der Waals surface area contributed by atoms with Crippen molar-refractivity contribution >= 4 is 34.6 Å². The summed E-state index contributed by atoms with van der Waals surface area (Å²) < 4.78 is 0.592. The van der Waals surface area contributed by atoms with E-state index in [4.69, 9.17) is 0 Å². The Bertz CT molecular complexity index is 531. The summed E-state index contributed by atoms with van der Waals surface area (Å²) in [5.41, 5.74) is 1.39. The Hall–Kier alpha value is -1.81. The summed E-state index contributed by atoms with van der Waals surface area (Å²) in [4.78, 5) is 18.1. The van der Waals surface area contributed by atoms with E-state index in [1.165, 1.54) is 17.7 Å². The van der Waals surface area contributed by atoms with Gasteiger partial charge in [0.1, 0.15) is 11.8 Å². The lowest BCUT2D eigenvalue weighted by atomic mass is 10.5. The maximum Gasteiger partial charge on any atom is 0.343 e. The highest BCUT2D eigenvalue weighted by Gasteiger charge is 2.23. The van der Waals surface area contributed by atoms with Gasteiger partial charge in [-0.15, -0.1) is 10.2 Å². The molecular formula is C7H6N6O2S2. The maximum atomic E-state index is 11.0. The lowest BCUT2D eigenvalue weighted by molar-refractivity contribution is -0.387. The molecule has 2 rings (SSSR count). The molecule has 0 radical (unpaired) electrons. The molecule has 10 heteroatoms. The minimum absolute atomic E-state index is 0.157. The third-order valence-electron chi connectivity index (χ3n) is 1.73. The molecule has 88 valence electrons. The van der Waals surface area contributed by atoms with Gasteiger partial charge in [-0.3, -0.25) is 10.1 Å². The number of nitrogens with one attached hydrogen (secondary N) is 1. The third-order valence-corrected chi connectivity index (χ3v) is 3.50. The molecule has 2 heterocycles. The van der Waals surface area contributed by atoms with Crippen molar-refractivity contribution in [3.05, 3.63) is 22.0 Å². The summed E-state index contributed by atoms with van der Waals surface area (Å²) in [5, 5.41) is 21.3. The van der Waals surface area contributed by atoms with E-state index in [9.17, 15) is 10.1 Å². The van der Waals surface area contributed by atoms with Gasteiger partial charge >= 0.3 is 5.69 Å². The summed E-state index contributed by atoms with van der Waals surface area (Å²) in [6.07, 6.45) is 1.27. The van der Waals surface area contributed by atoms with Gasteiger partial charge in [-0.25, -0.2) is 9.97 Å². The highest BCUT2D eigenvalue weighted by atomic mass is 32.2. The van der Waals surface area contributed by atoms with Gasteiger partial charge in [0.25, 0.3) is 0 Å². The van der Waals surface area contributed by atoms with Crippen LogP contribution >= 0.6 is 23.1 Å². The molecule has 1 N–H and O–H groups in total. The van der Waals surface area contributed by atoms with Crippen LogP contribution in [0.15, 0.2) is 21.2 Å². The zero-order valence-electron chi connectivity index (χ0n) is 8.52. The average molecular weight is 270 g/mol. The number of hydrogen-bond acceptors (Lipinski definition) is 9. The number of anilines is 1. The summed E-state index contributed by atoms with van der Waals surface area (Å²) >= 11 is 2.38. The van der Waals surface area contributed by atoms with Gasteiger partial charge in [-0.05, 0) is 11.8 Å². The standard InChI is InChI=1S/C7H6N6O2S2/c1-8-5-4(13(14)15)6(10-2-9-5)17-7-12-11-3-16-7/h2-3H,1H3,(H,8,9,10). The molecule has 2 aromatic rings. The molecule has 17 heavy (non-hydrogen) atoms. The maximum absolute atomic E-state index is 11.0. The van der Waals surface area contributed by atoms with E-state index >= 15 is 0 Å². The first kappa shape index (κ1) is 11.7. The summed E-state index contributed by atoms with van der Waals surface area (Å²) in [7, 11) is 1.56. The third kappa shape index (κ3) is 2.47. The molecule has 0 saturated carbocycles. The Kier molecular flexibility index (Phi) is 3.44. The smallest absolute Gasteiger partial charge is 0.343 e. The lowest BCUT2D eigenvalue weighted by Gasteiger charge is -2.03. The van der Waals surface area contributed by atoms with E-state index in [2.05, 4.69) is 25.5 Å². The fourth-order valence-electron chi connectivity index (χ4n) is 1.07. The van der Waals surface area contributed by atoms with E-state index < -0.39 is 4.92 Å². The van der Waals surface area contributed by atoms with E-state index in [1.54, 1.807) is 12.6 Å². The van der Waals surface area contributed by atoms with Crippen LogP contribution < -0.4 is 5.32 Å². The van der Waals surface area contributed by atoms with Gasteiger partial charge in [0.2, 0.25) is 5.82 Å². The number of rotatable bonds is 4. The first-order valence-electron chi connectivity index (χ1n) is 4.33. The van der Waals surface area contributed by atoms with Crippen molar-refractivity contribution in [2.45, 2.75) is 9.37 Å². The topological polar surface area (TPSA) is 107 Å². The van der Waals surface area contributed by atoms with Crippen LogP contribution in [0.1, 0.15) is 0 Å². The zero-order valence-corrected chi connectivity index (χ0v) is 10.2. The number of aromatic nitrogens is 4. The van der Waals surface area contributed by atoms with Crippen LogP contribution in [0.2, 0.25) is 0 Å². The van der Waals surface area contributed by atoms with Gasteiger partial charge in [-0.2, -0.15) is 0 Å². The number of nitrogens with zero attached hydrogens (tertiary/aromatic N) is 5. The van der Waals surface area contributed by atoms with E-state index in [0.29, 0.717) is 4.34 Å². The summed E-state index contributed by atoms with van der Waals surface area (Å²) in [6.45, 7) is 0. The number of nitro groups is 1. The van der Waals surface area contributed by atoms with Crippen LogP contribution in [0.3, 0.4) is 0 Å². The molecule has 0 unspecified atom stereocenters. The first-order valence-corrected chi connectivity index (χ1v) is 6.03. The second-order valence-corrected chi connectivity index (χ2v) is 4.76. The molecule has 0 atom stereocenters. The van der Waals surface area contributed by atoms with Crippen molar-refractivity contribution in [1.82, 2.24) is 20.2 Å². The summed E-state index contributed by atoms with van der Waals surface area (Å²) in [5.74, 6) is 0.178. The molecule has 2 aromatic heterocycles. The molecule has 0 aliphatic rings. The highest BCUT2D eigenvalue weighted by molar-refractivity contribution is 8.01. The zero-order chi connectivity index (χ0) is 12.3. The fourth-order valence-corrected chi connectivity index (χ4v) is 2.53. The van der Waals surface area contributed by atoms with Crippen LogP contribution in [-0.4, -0.2) is 32.1 Å². The average Bonchev–Trinajstić information content (AvgIpc) is 2.81. The molecule has 0 aliphatic carbocycles. The predicted molar refractivity (Wildman–Crippen MR) is 62.3 cm³/mol. The van der Waals surface area contributed by atoms with E-state index in [1.807, 2.05) is 0 Å². The van der Waals surface area contributed by atoms with Gasteiger partial charge in [-0.1, -0.05) is 11.3 Å². The number of hydrogen-bond donors (Lipinski definition) is 1. The van der Waals surface area contributed by atoms with Crippen LogP contribution in [0.5, 0.6) is 0 Å². The molecule has 0 aromatic carbocycles. The van der Waals surface area contributed by atoms with E-state index in [-0.39, 0.29) is 16.5 Å². The molecular weight excluding hydrogens is 264 g/mol. The SMILES string of the molecule is CNc1ncnc(Sc2nncs2)c1[N+](=O)[O-]. The van der Waals surface area contributed by atoms with Crippen molar-refractivity contribution in [2.24, 2.45) is 0 Å². The second-order valence-electron chi connectivity index (χ2n) is 2.69. The summed E-state index contributed by atoms with van der Waals surface area (Å²) in [6, 6.07) is 0. The minimum atomic E-state index is -0.519. The molecule has 0 amide bonds. The van der Waals surface area contributed by atoms with Crippen LogP contribution in [0.4, 0.5) is 11.5 Å². The van der Waals surface area contributed by atoms with Crippen LogP contribution in [-0.2, 0) is 0 Å². The van der Waals surface area contributed by atoms with Crippen LogP contribution in [0.25, 0.3) is 0 Å². The molecule has 0 fully saturated rings. The van der Waals surface area contributed by atoms with Gasteiger partial charge in [0, 0.05) is 7.05 Å². The van der Waals surface area contributed by atoms with Gasteiger partial charge in [0.15, 0.2) is 9.37 Å². The molecule has 0 aliphatic heterocycles. The Labute approximate surface area is 104 Å². The van der Waals surface area contributed by atoms with Crippen molar-refractivity contribution in [1.29, 1.82) is 0 Å². The largest absolute Gasteiger partial charge is 0.367 e. The van der Waals surface area contributed by atoms with Gasteiger partial charge in [0.05, 0.1) is 4.92 Å². The molecule has 0 bridgehead atoms. The molecule has 8 nitrogen and oxygen atoms in total. The highest BCUT2D eigenvalue weighted by Crippen LogP contribution is 2.36. The quantitative estimate of drug-likeness (QED) is 0.505. The van der Waals surface area contributed by atoms with Crippen LogP contribution in [0, 0.1) is 10.1 Å². The Morgan fingerprint density at radius 3 is 2.94 bits per heavy atom. The monoisotopic (exact) mass is 270 g/mol. The van der Waals surface area contributed by atoms with Gasteiger partial charge < -0.3 is 5.32 Å². The Morgan fingerprint density at radius 1 is 1.53 bits per heavy atom. The normalized spacial score (nSPS) is 10.2.